The first-order valence-corrected chi connectivity index (χ1v) is 9.49. The Labute approximate surface area is 162 Å². The van der Waals surface area contributed by atoms with Crippen molar-refractivity contribution in [1.82, 2.24) is 9.88 Å². The van der Waals surface area contributed by atoms with Gasteiger partial charge in [-0.05, 0) is 30.7 Å². The summed E-state index contributed by atoms with van der Waals surface area (Å²) in [7, 11) is 3.95. The molecule has 3 heterocycles. The highest BCUT2D eigenvalue weighted by atomic mass is 32.1. The van der Waals surface area contributed by atoms with Gasteiger partial charge in [0.1, 0.15) is 15.5 Å². The lowest BCUT2D eigenvalue weighted by Gasteiger charge is -2.14. The van der Waals surface area contributed by atoms with Gasteiger partial charge in [0, 0.05) is 43.1 Å². The van der Waals surface area contributed by atoms with E-state index in [4.69, 9.17) is 0 Å². The largest absolute Gasteiger partial charge is 0.508 e. The van der Waals surface area contributed by atoms with E-state index in [1.807, 2.05) is 38.1 Å². The van der Waals surface area contributed by atoms with Crippen LogP contribution < -0.4 is 4.90 Å². The van der Waals surface area contributed by atoms with Crippen molar-refractivity contribution in [3.63, 3.8) is 0 Å². The summed E-state index contributed by atoms with van der Waals surface area (Å²) < 4.78 is 0. The first-order valence-electron chi connectivity index (χ1n) is 8.67. The van der Waals surface area contributed by atoms with E-state index in [1.165, 1.54) is 28.7 Å². The molecule has 3 rings (SSSR count). The van der Waals surface area contributed by atoms with Crippen LogP contribution in [0.15, 0.2) is 53.5 Å². The van der Waals surface area contributed by atoms with Gasteiger partial charge in [-0.25, -0.2) is 4.98 Å². The number of aliphatic hydroxyl groups excluding tert-OH is 1. The molecule has 0 atom stereocenters. The normalized spacial score (nSPS) is 15.1. The molecule has 140 valence electrons. The van der Waals surface area contributed by atoms with Crippen LogP contribution in [0.5, 0.6) is 0 Å². The topological polar surface area (TPSA) is 69.0 Å². The number of aliphatic imine (C=N–C) groups is 1. The number of allylic oxidation sites excluding steroid dienone is 4. The van der Waals surface area contributed by atoms with Crippen molar-refractivity contribution >= 4 is 39.5 Å². The van der Waals surface area contributed by atoms with Gasteiger partial charge in [0.25, 0.3) is 5.91 Å². The number of hydrogen-bond donors (Lipinski definition) is 1. The standard InChI is InChI=1S/C20H22N4O2S/c1-4-5-7-14(25)8-6-11-24-13-21-12-15-17-16(23(2)3)9-10-22-19(17)27-18(15)20(24)26/h5-11,13,25H,4,12H2,1-3H3/b7-5-,11-6+,14-8+. The fraction of sp³-hybridized carbons (Fsp3) is 0.250. The van der Waals surface area contributed by atoms with Gasteiger partial charge in [-0.3, -0.25) is 14.7 Å². The Bertz CT molecular complexity index is 970. The Morgan fingerprint density at radius 3 is 3.00 bits per heavy atom. The summed E-state index contributed by atoms with van der Waals surface area (Å²) in [6.07, 6.45) is 12.4. The third-order valence-corrected chi connectivity index (χ3v) is 5.20. The lowest BCUT2D eigenvalue weighted by atomic mass is 10.1. The highest BCUT2D eigenvalue weighted by Crippen LogP contribution is 2.37. The fourth-order valence-corrected chi connectivity index (χ4v) is 3.91. The molecule has 0 unspecified atom stereocenters. The number of pyridine rings is 1. The first kappa shape index (κ1) is 18.8. The zero-order valence-corrected chi connectivity index (χ0v) is 16.4. The van der Waals surface area contributed by atoms with Crippen molar-refractivity contribution in [3.05, 3.63) is 59.0 Å². The molecule has 0 saturated heterocycles. The molecule has 2 aromatic rings. The number of aromatic nitrogens is 1. The second-order valence-corrected chi connectivity index (χ2v) is 7.23. The van der Waals surface area contributed by atoms with Crippen LogP contribution in [0.1, 0.15) is 28.6 Å². The predicted molar refractivity (Wildman–Crippen MR) is 112 cm³/mol. The molecule has 7 heteroatoms. The van der Waals surface area contributed by atoms with Gasteiger partial charge in [0.05, 0.1) is 12.9 Å². The van der Waals surface area contributed by atoms with Crippen molar-refractivity contribution in [3.8, 4) is 0 Å². The van der Waals surface area contributed by atoms with Crippen LogP contribution >= 0.6 is 11.3 Å². The van der Waals surface area contributed by atoms with E-state index in [9.17, 15) is 9.90 Å². The van der Waals surface area contributed by atoms with E-state index in [-0.39, 0.29) is 11.7 Å². The van der Waals surface area contributed by atoms with Gasteiger partial charge in [-0.15, -0.1) is 11.3 Å². The number of hydrogen-bond acceptors (Lipinski definition) is 6. The summed E-state index contributed by atoms with van der Waals surface area (Å²) in [5.74, 6) is -0.0121. The maximum atomic E-state index is 13.0. The minimum absolute atomic E-state index is 0.134. The van der Waals surface area contributed by atoms with Crippen LogP contribution in [0.4, 0.5) is 5.69 Å². The van der Waals surface area contributed by atoms with Gasteiger partial charge >= 0.3 is 0 Å². The third kappa shape index (κ3) is 3.93. The molecule has 6 nitrogen and oxygen atoms in total. The summed E-state index contributed by atoms with van der Waals surface area (Å²) >= 11 is 1.39. The van der Waals surface area contributed by atoms with Gasteiger partial charge in [0.2, 0.25) is 0 Å². The number of carbonyl (C=O) groups excluding carboxylic acids is 1. The number of fused-ring (bicyclic) bond motifs is 3. The molecule has 0 fully saturated rings. The highest BCUT2D eigenvalue weighted by Gasteiger charge is 2.25. The molecular weight excluding hydrogens is 360 g/mol. The quantitative estimate of drug-likeness (QED) is 0.619. The monoisotopic (exact) mass is 382 g/mol. The summed E-state index contributed by atoms with van der Waals surface area (Å²) in [4.78, 5) is 26.8. The molecule has 0 bridgehead atoms. The van der Waals surface area contributed by atoms with Crippen LogP contribution in [0.2, 0.25) is 0 Å². The summed E-state index contributed by atoms with van der Waals surface area (Å²) in [6.45, 7) is 2.42. The molecule has 0 saturated carbocycles. The van der Waals surface area contributed by atoms with E-state index in [0.717, 1.165) is 27.9 Å². The maximum Gasteiger partial charge on any atom is 0.273 e. The second-order valence-electron chi connectivity index (χ2n) is 6.23. The Morgan fingerprint density at radius 1 is 1.44 bits per heavy atom. The van der Waals surface area contributed by atoms with Crippen molar-refractivity contribution in [2.75, 3.05) is 19.0 Å². The van der Waals surface area contributed by atoms with Crippen molar-refractivity contribution in [2.45, 2.75) is 19.9 Å². The molecular formula is C20H22N4O2S. The molecule has 0 radical (unpaired) electrons. The molecule has 0 aromatic carbocycles. The van der Waals surface area contributed by atoms with Crippen molar-refractivity contribution in [2.24, 2.45) is 4.99 Å². The Morgan fingerprint density at radius 2 is 2.26 bits per heavy atom. The average molecular weight is 382 g/mol. The molecule has 1 aliphatic heterocycles. The van der Waals surface area contributed by atoms with E-state index in [2.05, 4.69) is 9.98 Å². The van der Waals surface area contributed by atoms with Crippen LogP contribution in [0.3, 0.4) is 0 Å². The van der Waals surface area contributed by atoms with Crippen molar-refractivity contribution < 1.29 is 9.90 Å². The highest BCUT2D eigenvalue weighted by molar-refractivity contribution is 7.20. The number of carbonyl (C=O) groups is 1. The SMILES string of the molecule is CC\C=C/C(O)=C\C=C\N1C=NCc2c(sc3nccc(N(C)C)c23)C1=O. The molecule has 27 heavy (non-hydrogen) atoms. The van der Waals surface area contributed by atoms with Crippen molar-refractivity contribution in [1.29, 1.82) is 0 Å². The van der Waals surface area contributed by atoms with E-state index >= 15 is 0 Å². The second kappa shape index (κ2) is 8.18. The van der Waals surface area contributed by atoms with Gasteiger partial charge in [0.15, 0.2) is 0 Å². The van der Waals surface area contributed by atoms with Crippen LogP contribution in [-0.2, 0) is 6.54 Å². The van der Waals surface area contributed by atoms with E-state index in [1.54, 1.807) is 24.5 Å². The molecule has 2 aromatic heterocycles. The summed E-state index contributed by atoms with van der Waals surface area (Å²) in [6, 6.07) is 1.95. The minimum atomic E-state index is -0.146. The molecule has 0 aliphatic carbocycles. The Hall–Kier alpha value is -2.93. The smallest absolute Gasteiger partial charge is 0.273 e. The number of anilines is 1. The summed E-state index contributed by atoms with van der Waals surface area (Å²) in [5.41, 5.74) is 1.94. The van der Waals surface area contributed by atoms with Crippen LogP contribution in [0, 0.1) is 0 Å². The minimum Gasteiger partial charge on any atom is -0.508 e. The molecule has 1 amide bonds. The number of aliphatic hydroxyl groups is 1. The first-order chi connectivity index (χ1) is 13.0. The lowest BCUT2D eigenvalue weighted by molar-refractivity contribution is 0.0896. The molecule has 1 N–H and O–H groups in total. The Balaban J connectivity index is 1.95. The summed E-state index contributed by atoms with van der Waals surface area (Å²) in [5, 5.41) is 10.7. The van der Waals surface area contributed by atoms with E-state index < -0.39 is 0 Å². The van der Waals surface area contributed by atoms with Gasteiger partial charge < -0.3 is 10.0 Å². The predicted octanol–water partition coefficient (Wildman–Crippen LogP) is 4.27. The number of rotatable bonds is 5. The van der Waals surface area contributed by atoms with Gasteiger partial charge in [-0.2, -0.15) is 0 Å². The maximum absolute atomic E-state index is 13.0. The Kier molecular flexibility index (Phi) is 5.71. The molecule has 1 aliphatic rings. The van der Waals surface area contributed by atoms with Gasteiger partial charge in [-0.1, -0.05) is 13.0 Å². The zero-order valence-electron chi connectivity index (χ0n) is 15.6. The third-order valence-electron chi connectivity index (χ3n) is 4.07. The van der Waals surface area contributed by atoms with E-state index in [0.29, 0.717) is 11.4 Å². The fourth-order valence-electron chi connectivity index (χ4n) is 2.79. The average Bonchev–Trinajstić information content (AvgIpc) is 2.95. The van der Waals surface area contributed by atoms with Crippen LogP contribution in [0.25, 0.3) is 10.2 Å². The van der Waals surface area contributed by atoms with Crippen LogP contribution in [-0.4, -0.2) is 41.3 Å². The number of nitrogens with zero attached hydrogens (tertiary/aromatic N) is 4. The zero-order chi connectivity index (χ0) is 19.4. The lowest BCUT2D eigenvalue weighted by Crippen LogP contribution is -2.22. The number of thiophene rings is 1. The molecule has 0 spiro atoms. The number of amides is 1.